The predicted octanol–water partition coefficient (Wildman–Crippen LogP) is 1.84. The molecule has 0 saturated carbocycles. The molecule has 1 aliphatic rings. The molecule has 1 unspecified atom stereocenters. The van der Waals surface area contributed by atoms with Gasteiger partial charge in [0.1, 0.15) is 5.84 Å². The standard InChI is InChI=1S/C21H23N3O5S/c1-14-7-9-15(10-8-14)17(13-20(26)29-2)23-19(25)11-12-22-21-16-5-3-4-6-18(16)30(27,28)24-21/h3-10,17H,11-13H2,1-2H3,(H,22,24)(H,23,25). The van der Waals surface area contributed by atoms with Crippen molar-refractivity contribution in [2.75, 3.05) is 13.7 Å². The van der Waals surface area contributed by atoms with Crippen molar-refractivity contribution in [2.45, 2.75) is 30.7 Å². The summed E-state index contributed by atoms with van der Waals surface area (Å²) in [5, 5.41) is 2.83. The number of nitrogens with zero attached hydrogens (tertiary/aromatic N) is 1. The topological polar surface area (TPSA) is 114 Å². The molecule has 158 valence electrons. The Morgan fingerprint density at radius 1 is 1.13 bits per heavy atom. The molecule has 2 aromatic rings. The number of hydrogen-bond donors (Lipinski definition) is 2. The monoisotopic (exact) mass is 429 g/mol. The Bertz CT molecular complexity index is 1080. The first-order valence-electron chi connectivity index (χ1n) is 9.39. The quantitative estimate of drug-likeness (QED) is 0.652. The fourth-order valence-electron chi connectivity index (χ4n) is 3.09. The van der Waals surface area contributed by atoms with Gasteiger partial charge in [-0.15, -0.1) is 0 Å². The summed E-state index contributed by atoms with van der Waals surface area (Å²) in [7, 11) is -2.31. The van der Waals surface area contributed by atoms with E-state index >= 15 is 0 Å². The van der Waals surface area contributed by atoms with Gasteiger partial charge in [-0.3, -0.25) is 19.3 Å². The molecule has 8 nitrogen and oxygen atoms in total. The number of hydrogen-bond acceptors (Lipinski definition) is 6. The normalized spacial score (nSPS) is 16.4. The van der Waals surface area contributed by atoms with Crippen LogP contribution in [-0.2, 0) is 24.3 Å². The molecular weight excluding hydrogens is 406 g/mol. The van der Waals surface area contributed by atoms with Gasteiger partial charge in [0.05, 0.1) is 31.0 Å². The maximum atomic E-state index is 12.4. The van der Waals surface area contributed by atoms with Crippen LogP contribution in [0.3, 0.4) is 0 Å². The van der Waals surface area contributed by atoms with Crippen LogP contribution >= 0.6 is 0 Å². The van der Waals surface area contributed by atoms with Crippen molar-refractivity contribution < 1.29 is 22.7 Å². The van der Waals surface area contributed by atoms with Crippen LogP contribution in [0.5, 0.6) is 0 Å². The lowest BCUT2D eigenvalue weighted by Gasteiger charge is -2.18. The Labute approximate surface area is 175 Å². The lowest BCUT2D eigenvalue weighted by atomic mass is 10.0. The molecule has 0 spiro atoms. The van der Waals surface area contributed by atoms with Crippen LogP contribution in [0.4, 0.5) is 0 Å². The van der Waals surface area contributed by atoms with Gasteiger partial charge in [0.2, 0.25) is 5.91 Å². The molecule has 0 bridgehead atoms. The molecule has 30 heavy (non-hydrogen) atoms. The first kappa shape index (κ1) is 21.5. The first-order chi connectivity index (χ1) is 14.3. The number of amidine groups is 1. The summed E-state index contributed by atoms with van der Waals surface area (Å²) < 4.78 is 31.3. The molecular formula is C21H23N3O5S. The zero-order valence-corrected chi connectivity index (χ0v) is 17.5. The third-order valence-corrected chi connectivity index (χ3v) is 6.08. The first-order valence-corrected chi connectivity index (χ1v) is 10.9. The lowest BCUT2D eigenvalue weighted by molar-refractivity contribution is -0.141. The fourth-order valence-corrected chi connectivity index (χ4v) is 4.34. The van der Waals surface area contributed by atoms with Gasteiger partial charge in [0, 0.05) is 12.0 Å². The molecule has 2 aromatic carbocycles. The fraction of sp³-hybridized carbons (Fsp3) is 0.286. The van der Waals surface area contributed by atoms with E-state index in [0.29, 0.717) is 5.56 Å². The molecule has 0 aromatic heterocycles. The third kappa shape index (κ3) is 5.04. The molecule has 0 saturated heterocycles. The largest absolute Gasteiger partial charge is 0.469 e. The summed E-state index contributed by atoms with van der Waals surface area (Å²) in [6.45, 7) is 2.04. The predicted molar refractivity (Wildman–Crippen MR) is 111 cm³/mol. The number of carbonyl (C=O) groups excluding carboxylic acids is 2. The Balaban J connectivity index is 1.65. The number of esters is 1. The van der Waals surface area contributed by atoms with Gasteiger partial charge in [-0.2, -0.15) is 0 Å². The number of rotatable bonds is 7. The van der Waals surface area contributed by atoms with Crippen LogP contribution in [0.25, 0.3) is 0 Å². The number of methoxy groups -OCH3 is 1. The van der Waals surface area contributed by atoms with E-state index < -0.39 is 22.0 Å². The number of aryl methyl sites for hydroxylation is 1. The minimum atomic E-state index is -3.61. The molecule has 1 aliphatic heterocycles. The van der Waals surface area contributed by atoms with E-state index in [1.807, 2.05) is 31.2 Å². The molecule has 9 heteroatoms. The summed E-state index contributed by atoms with van der Waals surface area (Å²) >= 11 is 0. The second kappa shape index (κ2) is 9.08. The van der Waals surface area contributed by atoms with Gasteiger partial charge >= 0.3 is 5.97 Å². The maximum Gasteiger partial charge on any atom is 0.307 e. The van der Waals surface area contributed by atoms with Gasteiger partial charge in [-0.05, 0) is 24.6 Å². The van der Waals surface area contributed by atoms with Crippen LogP contribution in [0.15, 0.2) is 58.4 Å². The average molecular weight is 429 g/mol. The Morgan fingerprint density at radius 3 is 2.53 bits per heavy atom. The third-order valence-electron chi connectivity index (χ3n) is 4.68. The molecule has 1 amide bonds. The second-order valence-corrected chi connectivity index (χ2v) is 8.54. The van der Waals surface area contributed by atoms with Crippen LogP contribution in [-0.4, -0.2) is 39.8 Å². The van der Waals surface area contributed by atoms with Crippen LogP contribution in [0.1, 0.15) is 35.6 Å². The van der Waals surface area contributed by atoms with Crippen molar-refractivity contribution in [3.05, 3.63) is 65.2 Å². The smallest absolute Gasteiger partial charge is 0.307 e. The number of fused-ring (bicyclic) bond motifs is 1. The van der Waals surface area contributed by atoms with Gasteiger partial charge < -0.3 is 10.1 Å². The molecule has 0 fully saturated rings. The minimum Gasteiger partial charge on any atom is -0.469 e. The SMILES string of the molecule is COC(=O)CC(NC(=O)CCN=C1NS(=O)(=O)c2ccccc21)c1ccc(C)cc1. The van der Waals surface area contributed by atoms with Crippen molar-refractivity contribution in [1.82, 2.24) is 10.0 Å². The van der Waals surface area contributed by atoms with Crippen LogP contribution < -0.4 is 10.0 Å². The Morgan fingerprint density at radius 2 is 1.83 bits per heavy atom. The summed E-state index contributed by atoms with van der Waals surface area (Å²) in [6.07, 6.45) is 0.0456. The van der Waals surface area contributed by atoms with Crippen LogP contribution in [0.2, 0.25) is 0 Å². The molecule has 0 radical (unpaired) electrons. The number of nitrogens with one attached hydrogen (secondary N) is 2. The van der Waals surface area contributed by atoms with E-state index in [0.717, 1.165) is 11.1 Å². The van der Waals surface area contributed by atoms with Crippen LogP contribution in [0, 0.1) is 6.92 Å². The number of aliphatic imine (C=N–C) groups is 1. The Hall–Kier alpha value is -3.20. The van der Waals surface area contributed by atoms with Gasteiger partial charge in [0.15, 0.2) is 0 Å². The van der Waals surface area contributed by atoms with Gasteiger partial charge in [0.25, 0.3) is 10.0 Å². The number of sulfonamides is 1. The summed E-state index contributed by atoms with van der Waals surface area (Å²) in [4.78, 5) is 28.6. The Kier molecular flexibility index (Phi) is 6.51. The van der Waals surface area contributed by atoms with E-state index in [9.17, 15) is 18.0 Å². The van der Waals surface area contributed by atoms with E-state index in [4.69, 9.17) is 4.74 Å². The number of ether oxygens (including phenoxy) is 1. The second-order valence-electron chi connectivity index (χ2n) is 6.89. The van der Waals surface area contributed by atoms with E-state index in [1.54, 1.807) is 18.2 Å². The highest BCUT2D eigenvalue weighted by atomic mass is 32.2. The summed E-state index contributed by atoms with van der Waals surface area (Å²) in [6, 6.07) is 13.5. The number of amides is 1. The van der Waals surface area contributed by atoms with Crippen molar-refractivity contribution >= 4 is 27.7 Å². The molecule has 2 N–H and O–H groups in total. The number of benzene rings is 2. The van der Waals surface area contributed by atoms with E-state index in [-0.39, 0.29) is 36.0 Å². The summed E-state index contributed by atoms with van der Waals surface area (Å²) in [5.41, 5.74) is 2.35. The van der Waals surface area contributed by atoms with E-state index in [1.165, 1.54) is 13.2 Å². The highest BCUT2D eigenvalue weighted by molar-refractivity contribution is 7.90. The number of carbonyl (C=O) groups is 2. The van der Waals surface area contributed by atoms with Crippen molar-refractivity contribution in [3.63, 3.8) is 0 Å². The maximum absolute atomic E-state index is 12.4. The zero-order chi connectivity index (χ0) is 21.7. The molecule has 0 aliphatic carbocycles. The molecule has 1 atom stereocenters. The molecule has 3 rings (SSSR count). The van der Waals surface area contributed by atoms with Gasteiger partial charge in [-0.1, -0.05) is 42.0 Å². The lowest BCUT2D eigenvalue weighted by Crippen LogP contribution is -2.31. The highest BCUT2D eigenvalue weighted by Gasteiger charge is 2.30. The van der Waals surface area contributed by atoms with Crippen molar-refractivity contribution in [2.24, 2.45) is 4.99 Å². The molecule has 1 heterocycles. The summed E-state index contributed by atoms with van der Waals surface area (Å²) in [5.74, 6) is -0.510. The van der Waals surface area contributed by atoms with Gasteiger partial charge in [-0.25, -0.2) is 8.42 Å². The highest BCUT2D eigenvalue weighted by Crippen LogP contribution is 2.22. The zero-order valence-electron chi connectivity index (χ0n) is 16.7. The van der Waals surface area contributed by atoms with E-state index in [2.05, 4.69) is 15.0 Å². The average Bonchev–Trinajstić information content (AvgIpc) is 2.98. The van der Waals surface area contributed by atoms with Crippen molar-refractivity contribution in [1.29, 1.82) is 0 Å². The van der Waals surface area contributed by atoms with Crippen molar-refractivity contribution in [3.8, 4) is 0 Å². The minimum absolute atomic E-state index is 0.00694.